The topological polar surface area (TPSA) is 84.7 Å². The Bertz CT molecular complexity index is 487. The quantitative estimate of drug-likeness (QED) is 0.816. The zero-order chi connectivity index (χ0) is 15.1. The molecule has 0 aromatic heterocycles. The third-order valence-electron chi connectivity index (χ3n) is 2.58. The molecule has 0 aliphatic carbocycles. The van der Waals surface area contributed by atoms with Crippen molar-refractivity contribution in [3.63, 3.8) is 0 Å². The van der Waals surface area contributed by atoms with Crippen LogP contribution in [-0.4, -0.2) is 44.0 Å². The second-order valence-electron chi connectivity index (χ2n) is 4.43. The first-order valence-electron chi connectivity index (χ1n) is 6.48. The second kappa shape index (κ2) is 7.49. The van der Waals surface area contributed by atoms with Crippen molar-refractivity contribution in [2.75, 3.05) is 32.6 Å². The molecule has 1 aromatic rings. The molecule has 0 fully saturated rings. The second-order valence-corrected chi connectivity index (χ2v) is 4.43. The zero-order valence-electron chi connectivity index (χ0n) is 12.1. The van der Waals surface area contributed by atoms with Gasteiger partial charge in [-0.25, -0.2) is 0 Å². The molecule has 0 atom stereocenters. The highest BCUT2D eigenvalue weighted by Gasteiger charge is 2.13. The smallest absolute Gasteiger partial charge is 0.253 e. The molecule has 0 aliphatic rings. The van der Waals surface area contributed by atoms with Gasteiger partial charge in [0.25, 0.3) is 5.91 Å². The third kappa shape index (κ3) is 4.24. The van der Waals surface area contributed by atoms with Gasteiger partial charge in [-0.2, -0.15) is 0 Å². The molecule has 20 heavy (non-hydrogen) atoms. The summed E-state index contributed by atoms with van der Waals surface area (Å²) in [5.41, 5.74) is 6.32. The van der Waals surface area contributed by atoms with Crippen LogP contribution in [0.15, 0.2) is 18.2 Å². The molecule has 0 radical (unpaired) electrons. The number of amides is 2. The van der Waals surface area contributed by atoms with Crippen LogP contribution in [-0.2, 0) is 4.79 Å². The molecular formula is C14H21N3O3. The van der Waals surface area contributed by atoms with E-state index in [1.165, 1.54) is 4.90 Å². The fourth-order valence-electron chi connectivity index (χ4n) is 1.64. The summed E-state index contributed by atoms with van der Waals surface area (Å²) >= 11 is 0. The molecule has 2 amide bonds. The number of carbonyl (C=O) groups is 2. The Balaban J connectivity index is 3.05. The van der Waals surface area contributed by atoms with Gasteiger partial charge in [0, 0.05) is 32.6 Å². The van der Waals surface area contributed by atoms with Gasteiger partial charge in [0.1, 0.15) is 5.75 Å². The van der Waals surface area contributed by atoms with Crippen LogP contribution in [0.3, 0.4) is 0 Å². The largest absolute Gasteiger partial charge is 0.492 e. The van der Waals surface area contributed by atoms with E-state index in [-0.39, 0.29) is 24.8 Å². The fraction of sp³-hybridized carbons (Fsp3) is 0.429. The molecule has 6 nitrogen and oxygen atoms in total. The van der Waals surface area contributed by atoms with Gasteiger partial charge < -0.3 is 20.7 Å². The normalized spacial score (nSPS) is 10.0. The standard InChI is InChI=1S/C14H21N3O3/c1-4-20-12-6-5-10(14(19)17(2)3)9-11(12)16-13(18)7-8-15/h5-6,9H,4,7-8,15H2,1-3H3,(H,16,18). The van der Waals surface area contributed by atoms with Crippen molar-refractivity contribution in [1.29, 1.82) is 0 Å². The molecule has 0 spiro atoms. The van der Waals surface area contributed by atoms with Crippen molar-refractivity contribution >= 4 is 17.5 Å². The first-order chi connectivity index (χ1) is 9.49. The maximum absolute atomic E-state index is 11.9. The van der Waals surface area contributed by atoms with Crippen LogP contribution in [0.1, 0.15) is 23.7 Å². The van der Waals surface area contributed by atoms with Crippen LogP contribution in [0.4, 0.5) is 5.69 Å². The van der Waals surface area contributed by atoms with Crippen LogP contribution < -0.4 is 15.8 Å². The fourth-order valence-corrected chi connectivity index (χ4v) is 1.64. The first-order valence-corrected chi connectivity index (χ1v) is 6.48. The van der Waals surface area contributed by atoms with Gasteiger partial charge in [-0.15, -0.1) is 0 Å². The van der Waals surface area contributed by atoms with Crippen LogP contribution in [0.25, 0.3) is 0 Å². The number of nitrogens with two attached hydrogens (primary N) is 1. The van der Waals surface area contributed by atoms with E-state index in [0.29, 0.717) is 23.6 Å². The summed E-state index contributed by atoms with van der Waals surface area (Å²) in [5, 5.41) is 2.72. The van der Waals surface area contributed by atoms with Crippen molar-refractivity contribution in [3.8, 4) is 5.75 Å². The van der Waals surface area contributed by atoms with Crippen molar-refractivity contribution in [1.82, 2.24) is 4.90 Å². The highest BCUT2D eigenvalue weighted by Crippen LogP contribution is 2.26. The minimum Gasteiger partial charge on any atom is -0.492 e. The number of ether oxygens (including phenoxy) is 1. The molecule has 0 bridgehead atoms. The molecule has 0 heterocycles. The molecular weight excluding hydrogens is 258 g/mol. The van der Waals surface area contributed by atoms with E-state index < -0.39 is 0 Å². The van der Waals surface area contributed by atoms with Crippen molar-refractivity contribution < 1.29 is 14.3 Å². The Hall–Kier alpha value is -2.08. The Labute approximate surface area is 118 Å². The van der Waals surface area contributed by atoms with E-state index in [2.05, 4.69) is 5.32 Å². The molecule has 0 unspecified atom stereocenters. The highest BCUT2D eigenvalue weighted by atomic mass is 16.5. The lowest BCUT2D eigenvalue weighted by Crippen LogP contribution is -2.22. The zero-order valence-corrected chi connectivity index (χ0v) is 12.1. The SMILES string of the molecule is CCOc1ccc(C(=O)N(C)C)cc1NC(=O)CCN. The Morgan fingerprint density at radius 2 is 2.05 bits per heavy atom. The predicted octanol–water partition coefficient (Wildman–Crippen LogP) is 1.07. The van der Waals surface area contributed by atoms with Gasteiger partial charge in [0.05, 0.1) is 12.3 Å². The highest BCUT2D eigenvalue weighted by molar-refractivity contribution is 5.98. The lowest BCUT2D eigenvalue weighted by Gasteiger charge is -2.15. The average Bonchev–Trinajstić information content (AvgIpc) is 2.40. The maximum Gasteiger partial charge on any atom is 0.253 e. The number of nitrogens with zero attached hydrogens (tertiary/aromatic N) is 1. The summed E-state index contributed by atoms with van der Waals surface area (Å²) < 4.78 is 5.44. The van der Waals surface area contributed by atoms with Gasteiger partial charge in [0.15, 0.2) is 0 Å². The van der Waals surface area contributed by atoms with Gasteiger partial charge in [-0.05, 0) is 25.1 Å². The van der Waals surface area contributed by atoms with Gasteiger partial charge in [0.2, 0.25) is 5.91 Å². The summed E-state index contributed by atoms with van der Waals surface area (Å²) in [6, 6.07) is 4.96. The number of anilines is 1. The summed E-state index contributed by atoms with van der Waals surface area (Å²) in [5.74, 6) is 0.193. The minimum absolute atomic E-state index is 0.137. The maximum atomic E-state index is 11.9. The number of nitrogens with one attached hydrogen (secondary N) is 1. The number of hydrogen-bond acceptors (Lipinski definition) is 4. The lowest BCUT2D eigenvalue weighted by atomic mass is 10.1. The van der Waals surface area contributed by atoms with E-state index in [0.717, 1.165) is 0 Å². The van der Waals surface area contributed by atoms with E-state index in [9.17, 15) is 9.59 Å². The van der Waals surface area contributed by atoms with Crippen molar-refractivity contribution in [2.24, 2.45) is 5.73 Å². The minimum atomic E-state index is -0.206. The predicted molar refractivity (Wildman–Crippen MR) is 77.9 cm³/mol. The van der Waals surface area contributed by atoms with Crippen LogP contribution in [0, 0.1) is 0 Å². The molecule has 0 saturated heterocycles. The van der Waals surface area contributed by atoms with Crippen LogP contribution in [0.2, 0.25) is 0 Å². The van der Waals surface area contributed by atoms with Gasteiger partial charge in [-0.1, -0.05) is 0 Å². The molecule has 1 rings (SSSR count). The number of hydrogen-bond donors (Lipinski definition) is 2. The number of carbonyl (C=O) groups excluding carboxylic acids is 2. The van der Waals surface area contributed by atoms with E-state index >= 15 is 0 Å². The molecule has 6 heteroatoms. The van der Waals surface area contributed by atoms with Gasteiger partial charge in [-0.3, -0.25) is 9.59 Å². The Kier molecular flexibility index (Phi) is 5.99. The molecule has 3 N–H and O–H groups in total. The lowest BCUT2D eigenvalue weighted by molar-refractivity contribution is -0.116. The van der Waals surface area contributed by atoms with Gasteiger partial charge >= 0.3 is 0 Å². The number of benzene rings is 1. The third-order valence-corrected chi connectivity index (χ3v) is 2.58. The summed E-state index contributed by atoms with van der Waals surface area (Å²) in [6.07, 6.45) is 0.220. The van der Waals surface area contributed by atoms with E-state index in [4.69, 9.17) is 10.5 Å². The molecule has 0 aliphatic heterocycles. The van der Waals surface area contributed by atoms with Crippen molar-refractivity contribution in [2.45, 2.75) is 13.3 Å². The monoisotopic (exact) mass is 279 g/mol. The molecule has 110 valence electrons. The summed E-state index contributed by atoms with van der Waals surface area (Å²) in [7, 11) is 3.34. The van der Waals surface area contributed by atoms with E-state index in [1.807, 2.05) is 6.92 Å². The van der Waals surface area contributed by atoms with Crippen molar-refractivity contribution in [3.05, 3.63) is 23.8 Å². The average molecular weight is 279 g/mol. The summed E-state index contributed by atoms with van der Waals surface area (Å²) in [6.45, 7) is 2.59. The number of rotatable bonds is 6. The van der Waals surface area contributed by atoms with Crippen LogP contribution in [0.5, 0.6) is 5.75 Å². The molecule has 0 saturated carbocycles. The first kappa shape index (κ1) is 16.0. The Morgan fingerprint density at radius 3 is 2.60 bits per heavy atom. The van der Waals surface area contributed by atoms with Crippen LogP contribution >= 0.6 is 0 Å². The van der Waals surface area contributed by atoms with E-state index in [1.54, 1.807) is 32.3 Å². The Morgan fingerprint density at radius 1 is 1.35 bits per heavy atom. The summed E-state index contributed by atoms with van der Waals surface area (Å²) in [4.78, 5) is 25.0. The molecule has 1 aromatic carbocycles.